The number of rotatable bonds is 3. The second-order valence-electron chi connectivity index (χ2n) is 3.76. The van der Waals surface area contributed by atoms with Gasteiger partial charge in [-0.15, -0.1) is 0 Å². The first-order valence-electron chi connectivity index (χ1n) is 5.32. The molecule has 0 bridgehead atoms. The number of aromatic hydroxyl groups is 1. The average Bonchev–Trinajstić information content (AvgIpc) is 2.78. The summed E-state index contributed by atoms with van der Waals surface area (Å²) in [6.45, 7) is 0.314. The van der Waals surface area contributed by atoms with E-state index in [1.165, 1.54) is 7.11 Å². The van der Waals surface area contributed by atoms with Crippen LogP contribution in [0.5, 0.6) is 5.75 Å². The van der Waals surface area contributed by atoms with E-state index >= 15 is 0 Å². The Morgan fingerprint density at radius 1 is 1.53 bits per heavy atom. The molecule has 5 nitrogen and oxygen atoms in total. The molecule has 1 aliphatic rings. The Kier molecular flexibility index (Phi) is 3.61. The summed E-state index contributed by atoms with van der Waals surface area (Å²) in [6.07, 6.45) is -0.793. The van der Waals surface area contributed by atoms with Crippen LogP contribution in [0.2, 0.25) is 0 Å². The molecule has 2 unspecified atom stereocenters. The van der Waals surface area contributed by atoms with E-state index in [0.717, 1.165) is 0 Å². The van der Waals surface area contributed by atoms with E-state index in [-0.39, 0.29) is 24.2 Å². The van der Waals surface area contributed by atoms with Crippen molar-refractivity contribution < 1.29 is 24.1 Å². The molecule has 17 heavy (non-hydrogen) atoms. The molecule has 1 heterocycles. The molecule has 0 spiro atoms. The van der Waals surface area contributed by atoms with Gasteiger partial charge in [-0.05, 0) is 6.07 Å². The van der Waals surface area contributed by atoms with Crippen LogP contribution in [0.3, 0.4) is 0 Å². The van der Waals surface area contributed by atoms with Crippen LogP contribution in [-0.4, -0.2) is 30.9 Å². The molecule has 1 saturated heterocycles. The molecule has 1 aliphatic heterocycles. The lowest BCUT2D eigenvalue weighted by molar-refractivity contribution is -0.143. The van der Waals surface area contributed by atoms with Crippen LogP contribution in [0.15, 0.2) is 24.3 Å². The summed E-state index contributed by atoms with van der Waals surface area (Å²) in [6, 6.07) is 6.80. The Hall–Kier alpha value is -1.59. The number of phenolic OH excluding ortho intramolecular Hbond substituents is 1. The molecule has 92 valence electrons. The molecular formula is C12H14O5. The fraction of sp³-hybridized carbons (Fsp3) is 0.417. The first-order chi connectivity index (χ1) is 8.20. The maximum absolute atomic E-state index is 11.1. The van der Waals surface area contributed by atoms with E-state index in [1.807, 2.05) is 0 Å². The van der Waals surface area contributed by atoms with Gasteiger partial charge < -0.3 is 19.3 Å². The number of ether oxygens (including phenoxy) is 3. The molecule has 0 aliphatic carbocycles. The minimum atomic E-state index is -0.620. The number of para-hydroxylation sites is 1. The minimum absolute atomic E-state index is 0.121. The largest absolute Gasteiger partial charge is 0.507 e. The lowest BCUT2D eigenvalue weighted by Crippen LogP contribution is -2.16. The Balaban J connectivity index is 1.98. The van der Waals surface area contributed by atoms with Gasteiger partial charge in [-0.25, -0.2) is 0 Å². The van der Waals surface area contributed by atoms with E-state index in [9.17, 15) is 9.90 Å². The molecule has 0 amide bonds. The Morgan fingerprint density at radius 2 is 2.29 bits per heavy atom. The van der Waals surface area contributed by atoms with Crippen molar-refractivity contribution in [3.63, 3.8) is 0 Å². The summed E-state index contributed by atoms with van der Waals surface area (Å²) in [5.41, 5.74) is 0.569. The van der Waals surface area contributed by atoms with Gasteiger partial charge in [0, 0.05) is 5.56 Å². The van der Waals surface area contributed by atoms with E-state index in [1.54, 1.807) is 24.3 Å². The molecule has 1 aromatic carbocycles. The highest BCUT2D eigenvalue weighted by molar-refractivity contribution is 5.69. The van der Waals surface area contributed by atoms with Crippen molar-refractivity contribution in [1.82, 2.24) is 0 Å². The third kappa shape index (κ3) is 2.75. The van der Waals surface area contributed by atoms with Crippen LogP contribution < -0.4 is 0 Å². The van der Waals surface area contributed by atoms with Crippen LogP contribution in [0.25, 0.3) is 0 Å². The lowest BCUT2D eigenvalue weighted by atomic mass is 10.2. The van der Waals surface area contributed by atoms with Gasteiger partial charge in [0.15, 0.2) is 6.29 Å². The number of esters is 1. The quantitative estimate of drug-likeness (QED) is 0.806. The summed E-state index contributed by atoms with van der Waals surface area (Å²) >= 11 is 0. The summed E-state index contributed by atoms with van der Waals surface area (Å²) in [5, 5.41) is 9.63. The molecule has 5 heteroatoms. The first kappa shape index (κ1) is 11.9. The Morgan fingerprint density at radius 3 is 3.00 bits per heavy atom. The van der Waals surface area contributed by atoms with Crippen molar-refractivity contribution >= 4 is 5.97 Å². The van der Waals surface area contributed by atoms with Gasteiger partial charge in [-0.2, -0.15) is 0 Å². The SMILES string of the molecule is COC(=O)CC1COC(c2ccccc2O)O1. The topological polar surface area (TPSA) is 65.0 Å². The summed E-state index contributed by atoms with van der Waals surface area (Å²) in [4.78, 5) is 11.1. The maximum Gasteiger partial charge on any atom is 0.308 e. The highest BCUT2D eigenvalue weighted by Gasteiger charge is 2.30. The lowest BCUT2D eigenvalue weighted by Gasteiger charge is -2.12. The monoisotopic (exact) mass is 238 g/mol. The normalized spacial score (nSPS) is 23.6. The van der Waals surface area contributed by atoms with Gasteiger partial charge in [-0.3, -0.25) is 4.79 Å². The zero-order chi connectivity index (χ0) is 12.3. The van der Waals surface area contributed by atoms with Gasteiger partial charge in [0.05, 0.1) is 26.2 Å². The number of carbonyl (C=O) groups is 1. The fourth-order valence-electron chi connectivity index (χ4n) is 1.67. The number of carbonyl (C=O) groups excluding carboxylic acids is 1. The molecule has 2 rings (SSSR count). The van der Waals surface area contributed by atoms with Gasteiger partial charge in [0.25, 0.3) is 0 Å². The number of benzene rings is 1. The third-order valence-electron chi connectivity index (χ3n) is 2.56. The maximum atomic E-state index is 11.1. The van der Waals surface area contributed by atoms with Crippen molar-refractivity contribution in [2.75, 3.05) is 13.7 Å². The average molecular weight is 238 g/mol. The predicted molar refractivity (Wildman–Crippen MR) is 58.3 cm³/mol. The molecule has 0 radical (unpaired) electrons. The number of hydrogen-bond acceptors (Lipinski definition) is 5. The standard InChI is InChI=1S/C12H14O5/c1-15-11(14)6-8-7-16-12(17-8)9-4-2-3-5-10(9)13/h2-5,8,12-13H,6-7H2,1H3. The molecule has 0 saturated carbocycles. The molecule has 1 fully saturated rings. The van der Waals surface area contributed by atoms with Gasteiger partial charge in [-0.1, -0.05) is 18.2 Å². The minimum Gasteiger partial charge on any atom is -0.507 e. The van der Waals surface area contributed by atoms with E-state index in [0.29, 0.717) is 12.2 Å². The smallest absolute Gasteiger partial charge is 0.308 e. The predicted octanol–water partition coefficient (Wildman–Crippen LogP) is 1.37. The zero-order valence-corrected chi connectivity index (χ0v) is 9.46. The summed E-state index contributed by atoms with van der Waals surface area (Å²) in [7, 11) is 1.33. The molecular weight excluding hydrogens is 224 g/mol. The van der Waals surface area contributed by atoms with Gasteiger partial charge in [0.1, 0.15) is 5.75 Å². The second-order valence-corrected chi connectivity index (χ2v) is 3.76. The Bertz CT molecular complexity index is 404. The molecule has 2 atom stereocenters. The van der Waals surface area contributed by atoms with Crippen molar-refractivity contribution in [3.05, 3.63) is 29.8 Å². The first-order valence-corrected chi connectivity index (χ1v) is 5.32. The highest BCUT2D eigenvalue weighted by Crippen LogP contribution is 2.33. The van der Waals surface area contributed by atoms with Crippen LogP contribution in [-0.2, 0) is 19.0 Å². The van der Waals surface area contributed by atoms with Crippen molar-refractivity contribution in [2.24, 2.45) is 0 Å². The van der Waals surface area contributed by atoms with Crippen molar-refractivity contribution in [1.29, 1.82) is 0 Å². The van der Waals surface area contributed by atoms with Crippen LogP contribution in [0, 0.1) is 0 Å². The van der Waals surface area contributed by atoms with Crippen LogP contribution >= 0.6 is 0 Å². The summed E-state index contributed by atoms with van der Waals surface area (Å²) in [5.74, 6) is -0.215. The highest BCUT2D eigenvalue weighted by atomic mass is 16.7. The van der Waals surface area contributed by atoms with Crippen LogP contribution in [0.4, 0.5) is 0 Å². The number of methoxy groups -OCH3 is 1. The van der Waals surface area contributed by atoms with E-state index < -0.39 is 6.29 Å². The van der Waals surface area contributed by atoms with Crippen molar-refractivity contribution in [2.45, 2.75) is 18.8 Å². The summed E-state index contributed by atoms with van der Waals surface area (Å²) < 4.78 is 15.5. The van der Waals surface area contributed by atoms with Gasteiger partial charge >= 0.3 is 5.97 Å². The van der Waals surface area contributed by atoms with E-state index in [2.05, 4.69) is 4.74 Å². The number of phenols is 1. The number of hydrogen-bond donors (Lipinski definition) is 1. The van der Waals surface area contributed by atoms with E-state index in [4.69, 9.17) is 9.47 Å². The van der Waals surface area contributed by atoms with Gasteiger partial charge in [0.2, 0.25) is 0 Å². The fourth-order valence-corrected chi connectivity index (χ4v) is 1.67. The van der Waals surface area contributed by atoms with Crippen molar-refractivity contribution in [3.8, 4) is 5.75 Å². The zero-order valence-electron chi connectivity index (χ0n) is 9.46. The third-order valence-corrected chi connectivity index (χ3v) is 2.56. The second kappa shape index (κ2) is 5.16. The molecule has 0 aromatic heterocycles. The molecule has 1 N–H and O–H groups in total. The van der Waals surface area contributed by atoms with Crippen LogP contribution in [0.1, 0.15) is 18.3 Å². The Labute approximate surface area is 98.9 Å². The molecule has 1 aromatic rings.